The first-order valence-corrected chi connectivity index (χ1v) is 8.06. The number of hydrogen-bond donors (Lipinski definition) is 1. The molecule has 1 aromatic carbocycles. The van der Waals surface area contributed by atoms with Crippen molar-refractivity contribution in [3.8, 4) is 0 Å². The maximum absolute atomic E-state index is 5.55. The van der Waals surface area contributed by atoms with E-state index in [1.807, 2.05) is 0 Å². The lowest BCUT2D eigenvalue weighted by Gasteiger charge is -2.35. The SMILES string of the molecule is CC(c1ccccc1)N(Cc1noc(CN)n1)CC1CCC1.Cl. The van der Waals surface area contributed by atoms with Crippen LogP contribution < -0.4 is 5.73 Å². The van der Waals surface area contributed by atoms with Crippen molar-refractivity contribution < 1.29 is 4.52 Å². The molecule has 0 radical (unpaired) electrons. The lowest BCUT2D eigenvalue weighted by Crippen LogP contribution is -2.34. The molecule has 1 aromatic heterocycles. The minimum atomic E-state index is 0. The van der Waals surface area contributed by atoms with Crippen molar-refractivity contribution in [2.45, 2.75) is 45.3 Å². The second-order valence-corrected chi connectivity index (χ2v) is 6.12. The fraction of sp³-hybridized carbons (Fsp3) is 0.529. The fourth-order valence-electron chi connectivity index (χ4n) is 2.93. The second kappa shape index (κ2) is 8.43. The highest BCUT2D eigenvalue weighted by Gasteiger charge is 2.25. The first-order valence-electron chi connectivity index (χ1n) is 8.06. The lowest BCUT2D eigenvalue weighted by atomic mass is 9.84. The number of benzene rings is 1. The number of rotatable bonds is 7. The van der Waals surface area contributed by atoms with Gasteiger partial charge in [-0.25, -0.2) is 0 Å². The van der Waals surface area contributed by atoms with E-state index in [1.165, 1.54) is 24.8 Å². The number of nitrogens with zero attached hydrogens (tertiary/aromatic N) is 3. The van der Waals surface area contributed by atoms with Crippen LogP contribution in [-0.2, 0) is 13.1 Å². The lowest BCUT2D eigenvalue weighted by molar-refractivity contribution is 0.128. The molecule has 1 heterocycles. The van der Waals surface area contributed by atoms with Gasteiger partial charge in [0.15, 0.2) is 5.82 Å². The second-order valence-electron chi connectivity index (χ2n) is 6.12. The first-order chi connectivity index (χ1) is 10.8. The van der Waals surface area contributed by atoms with Crippen LogP contribution in [0.15, 0.2) is 34.9 Å². The molecule has 1 aliphatic carbocycles. The average Bonchev–Trinajstić information content (AvgIpc) is 2.97. The van der Waals surface area contributed by atoms with Crippen LogP contribution in [0.2, 0.25) is 0 Å². The molecule has 0 amide bonds. The molecular formula is C17H25ClN4O. The van der Waals surface area contributed by atoms with Crippen LogP contribution in [0.5, 0.6) is 0 Å². The third-order valence-electron chi connectivity index (χ3n) is 4.58. The van der Waals surface area contributed by atoms with Gasteiger partial charge < -0.3 is 10.3 Å². The third kappa shape index (κ3) is 4.53. The Morgan fingerprint density at radius 3 is 2.61 bits per heavy atom. The summed E-state index contributed by atoms with van der Waals surface area (Å²) < 4.78 is 5.13. The van der Waals surface area contributed by atoms with Crippen LogP contribution in [0.3, 0.4) is 0 Å². The topological polar surface area (TPSA) is 68.2 Å². The Bertz CT molecular complexity index is 585. The summed E-state index contributed by atoms with van der Waals surface area (Å²) in [6, 6.07) is 10.9. The number of hydrogen-bond acceptors (Lipinski definition) is 5. The first kappa shape index (κ1) is 17.9. The Balaban J connectivity index is 0.00000192. The Kier molecular flexibility index (Phi) is 6.57. The number of nitrogens with two attached hydrogens (primary N) is 1. The fourth-order valence-corrected chi connectivity index (χ4v) is 2.93. The van der Waals surface area contributed by atoms with Crippen molar-refractivity contribution in [1.82, 2.24) is 15.0 Å². The van der Waals surface area contributed by atoms with Gasteiger partial charge in [0.25, 0.3) is 0 Å². The molecule has 5 nitrogen and oxygen atoms in total. The molecule has 126 valence electrons. The van der Waals surface area contributed by atoms with Gasteiger partial charge in [-0.1, -0.05) is 41.9 Å². The molecule has 0 spiro atoms. The van der Waals surface area contributed by atoms with Gasteiger partial charge >= 0.3 is 0 Å². The Morgan fingerprint density at radius 2 is 2.04 bits per heavy atom. The van der Waals surface area contributed by atoms with Gasteiger partial charge in [-0.2, -0.15) is 4.98 Å². The van der Waals surface area contributed by atoms with Gasteiger partial charge in [-0.3, -0.25) is 4.90 Å². The highest BCUT2D eigenvalue weighted by atomic mass is 35.5. The van der Waals surface area contributed by atoms with E-state index in [-0.39, 0.29) is 12.4 Å². The standard InChI is InChI=1S/C17H24N4O.ClH/c1-13(15-8-3-2-4-9-15)21(11-14-6-5-7-14)12-16-19-17(10-18)22-20-16;/h2-4,8-9,13-14H,5-7,10-12,18H2,1H3;1H. The summed E-state index contributed by atoms with van der Waals surface area (Å²) in [5.41, 5.74) is 6.87. The highest BCUT2D eigenvalue weighted by molar-refractivity contribution is 5.85. The molecule has 2 N–H and O–H groups in total. The molecule has 1 aliphatic rings. The van der Waals surface area contributed by atoms with E-state index in [9.17, 15) is 0 Å². The van der Waals surface area contributed by atoms with Gasteiger partial charge in [0, 0.05) is 12.6 Å². The maximum Gasteiger partial charge on any atom is 0.240 e. The van der Waals surface area contributed by atoms with E-state index in [0.717, 1.165) is 18.3 Å². The van der Waals surface area contributed by atoms with E-state index in [4.69, 9.17) is 10.3 Å². The molecule has 6 heteroatoms. The van der Waals surface area contributed by atoms with Gasteiger partial charge in [-0.05, 0) is 31.2 Å². The Morgan fingerprint density at radius 1 is 1.30 bits per heavy atom. The predicted octanol–water partition coefficient (Wildman–Crippen LogP) is 3.31. The molecule has 2 aromatic rings. The summed E-state index contributed by atoms with van der Waals surface area (Å²) in [4.78, 5) is 6.80. The average molecular weight is 337 g/mol. The van der Waals surface area contributed by atoms with E-state index < -0.39 is 0 Å². The molecule has 1 atom stereocenters. The molecule has 23 heavy (non-hydrogen) atoms. The predicted molar refractivity (Wildman–Crippen MR) is 92.0 cm³/mol. The van der Waals surface area contributed by atoms with Crippen LogP contribution in [0.1, 0.15) is 49.5 Å². The summed E-state index contributed by atoms with van der Waals surface area (Å²) >= 11 is 0. The van der Waals surface area contributed by atoms with Crippen molar-refractivity contribution in [2.24, 2.45) is 11.7 Å². The van der Waals surface area contributed by atoms with E-state index in [1.54, 1.807) is 0 Å². The van der Waals surface area contributed by atoms with Crippen LogP contribution in [0.4, 0.5) is 0 Å². The van der Waals surface area contributed by atoms with Crippen LogP contribution >= 0.6 is 12.4 Å². The van der Waals surface area contributed by atoms with E-state index in [0.29, 0.717) is 25.0 Å². The maximum atomic E-state index is 5.55. The molecular weight excluding hydrogens is 312 g/mol. The zero-order valence-electron chi connectivity index (χ0n) is 13.5. The van der Waals surface area contributed by atoms with Gasteiger partial charge in [0.1, 0.15) is 0 Å². The molecule has 1 fully saturated rings. The monoisotopic (exact) mass is 336 g/mol. The van der Waals surface area contributed by atoms with Crippen molar-refractivity contribution >= 4 is 12.4 Å². The normalized spacial score (nSPS) is 16.0. The minimum absolute atomic E-state index is 0. The minimum Gasteiger partial charge on any atom is -0.338 e. The quantitative estimate of drug-likeness (QED) is 0.840. The van der Waals surface area contributed by atoms with Crippen LogP contribution in [0, 0.1) is 5.92 Å². The summed E-state index contributed by atoms with van der Waals surface area (Å²) in [5, 5.41) is 4.05. The smallest absolute Gasteiger partial charge is 0.240 e. The molecule has 3 rings (SSSR count). The summed E-state index contributed by atoms with van der Waals surface area (Å²) in [5.74, 6) is 2.03. The van der Waals surface area contributed by atoms with Crippen LogP contribution in [0.25, 0.3) is 0 Å². The molecule has 1 unspecified atom stereocenters. The summed E-state index contributed by atoms with van der Waals surface area (Å²) in [6.07, 6.45) is 4.02. The van der Waals surface area contributed by atoms with Crippen molar-refractivity contribution in [1.29, 1.82) is 0 Å². The Labute approximate surface area is 143 Å². The zero-order chi connectivity index (χ0) is 15.4. The molecule has 0 saturated heterocycles. The molecule has 0 aliphatic heterocycles. The zero-order valence-corrected chi connectivity index (χ0v) is 14.3. The van der Waals surface area contributed by atoms with E-state index >= 15 is 0 Å². The van der Waals surface area contributed by atoms with Gasteiger partial charge in [-0.15, -0.1) is 12.4 Å². The van der Waals surface area contributed by atoms with Crippen molar-refractivity contribution in [2.75, 3.05) is 6.54 Å². The van der Waals surface area contributed by atoms with Crippen LogP contribution in [-0.4, -0.2) is 21.6 Å². The highest BCUT2D eigenvalue weighted by Crippen LogP contribution is 2.31. The Hall–Kier alpha value is -1.43. The largest absolute Gasteiger partial charge is 0.338 e. The summed E-state index contributed by atoms with van der Waals surface area (Å²) in [7, 11) is 0. The van der Waals surface area contributed by atoms with E-state index in [2.05, 4.69) is 52.3 Å². The third-order valence-corrected chi connectivity index (χ3v) is 4.58. The van der Waals surface area contributed by atoms with Crippen molar-refractivity contribution in [3.05, 3.63) is 47.6 Å². The van der Waals surface area contributed by atoms with Gasteiger partial charge in [0.2, 0.25) is 5.89 Å². The van der Waals surface area contributed by atoms with Gasteiger partial charge in [0.05, 0.1) is 13.1 Å². The molecule has 0 bridgehead atoms. The number of aromatic nitrogens is 2. The van der Waals surface area contributed by atoms with Crippen molar-refractivity contribution in [3.63, 3.8) is 0 Å². The number of halogens is 1. The summed E-state index contributed by atoms with van der Waals surface area (Å²) in [6.45, 7) is 4.33. The molecule has 1 saturated carbocycles.